The fourth-order valence-electron chi connectivity index (χ4n) is 1.54. The minimum absolute atomic E-state index is 0.0719. The molecule has 0 saturated heterocycles. The number of benzene rings is 1. The maximum atomic E-state index is 12.1. The van der Waals surface area contributed by atoms with Crippen LogP contribution in [0.5, 0.6) is 0 Å². The lowest BCUT2D eigenvalue weighted by atomic mass is 10.2. The molecule has 6 nitrogen and oxygen atoms in total. The normalized spacial score (nSPS) is 11.4. The van der Waals surface area contributed by atoms with Crippen molar-refractivity contribution in [3.05, 3.63) is 45.9 Å². The summed E-state index contributed by atoms with van der Waals surface area (Å²) in [7, 11) is -3.75. The van der Waals surface area contributed by atoms with Gasteiger partial charge in [-0.2, -0.15) is 0 Å². The highest BCUT2D eigenvalue weighted by Crippen LogP contribution is 2.13. The summed E-state index contributed by atoms with van der Waals surface area (Å²) in [5, 5.41) is 11.5. The van der Waals surface area contributed by atoms with E-state index in [1.807, 2.05) is 6.92 Å². The van der Waals surface area contributed by atoms with Crippen LogP contribution in [0.4, 0.5) is 0 Å². The van der Waals surface area contributed by atoms with Gasteiger partial charge in [0.25, 0.3) is 0 Å². The highest BCUT2D eigenvalue weighted by Gasteiger charge is 2.16. The fraction of sp³-hybridized carbons (Fsp3) is 0.167. The number of aryl methyl sites for hydroxylation is 1. The Morgan fingerprint density at radius 3 is 2.80 bits per heavy atom. The third-order valence-corrected chi connectivity index (χ3v) is 4.72. The second kappa shape index (κ2) is 5.70. The SMILES string of the molecule is Cc1nc(CNS(=O)(=O)c2cccc(C(=O)O)c2)cs1. The summed E-state index contributed by atoms with van der Waals surface area (Å²) in [6.45, 7) is 1.91. The Hall–Kier alpha value is -1.77. The van der Waals surface area contributed by atoms with Crippen LogP contribution in [0.2, 0.25) is 0 Å². The number of carboxylic acid groups (broad SMARTS) is 1. The van der Waals surface area contributed by atoms with E-state index < -0.39 is 16.0 Å². The van der Waals surface area contributed by atoms with Crippen LogP contribution < -0.4 is 4.72 Å². The summed E-state index contributed by atoms with van der Waals surface area (Å²) in [5.41, 5.74) is 0.558. The summed E-state index contributed by atoms with van der Waals surface area (Å²) in [6, 6.07) is 5.20. The molecule has 0 spiro atoms. The van der Waals surface area contributed by atoms with E-state index in [0.29, 0.717) is 5.69 Å². The Kier molecular flexibility index (Phi) is 4.17. The zero-order valence-corrected chi connectivity index (χ0v) is 12.2. The molecule has 0 saturated carbocycles. The van der Waals surface area contributed by atoms with E-state index in [1.165, 1.54) is 29.5 Å². The number of carboxylic acids is 1. The van der Waals surface area contributed by atoms with Crippen LogP contribution in [0, 0.1) is 6.92 Å². The van der Waals surface area contributed by atoms with Gasteiger partial charge >= 0.3 is 5.97 Å². The number of hydrogen-bond acceptors (Lipinski definition) is 5. The van der Waals surface area contributed by atoms with Crippen molar-refractivity contribution in [2.24, 2.45) is 0 Å². The van der Waals surface area contributed by atoms with E-state index in [2.05, 4.69) is 9.71 Å². The van der Waals surface area contributed by atoms with Crippen molar-refractivity contribution in [1.29, 1.82) is 0 Å². The monoisotopic (exact) mass is 312 g/mol. The van der Waals surface area contributed by atoms with Gasteiger partial charge in [0, 0.05) is 5.38 Å². The first-order valence-electron chi connectivity index (χ1n) is 5.62. The zero-order chi connectivity index (χ0) is 14.8. The topological polar surface area (TPSA) is 96.4 Å². The van der Waals surface area contributed by atoms with Crippen molar-refractivity contribution in [3.8, 4) is 0 Å². The molecular formula is C12H12N2O4S2. The largest absolute Gasteiger partial charge is 0.478 e. The van der Waals surface area contributed by atoms with E-state index in [4.69, 9.17) is 5.11 Å². The molecule has 2 rings (SSSR count). The molecule has 0 atom stereocenters. The first-order chi connectivity index (χ1) is 9.38. The summed E-state index contributed by atoms with van der Waals surface area (Å²) in [5.74, 6) is -1.17. The summed E-state index contributed by atoms with van der Waals surface area (Å²) in [6.07, 6.45) is 0. The molecule has 0 aliphatic heterocycles. The van der Waals surface area contributed by atoms with Crippen LogP contribution >= 0.6 is 11.3 Å². The molecular weight excluding hydrogens is 300 g/mol. The van der Waals surface area contributed by atoms with Crippen molar-refractivity contribution >= 4 is 27.3 Å². The van der Waals surface area contributed by atoms with Crippen molar-refractivity contribution in [3.63, 3.8) is 0 Å². The highest BCUT2D eigenvalue weighted by atomic mass is 32.2. The molecule has 0 radical (unpaired) electrons. The number of aromatic carboxylic acids is 1. The quantitative estimate of drug-likeness (QED) is 0.874. The molecule has 8 heteroatoms. The second-order valence-corrected chi connectivity index (χ2v) is 6.84. The fourth-order valence-corrected chi connectivity index (χ4v) is 3.19. The highest BCUT2D eigenvalue weighted by molar-refractivity contribution is 7.89. The second-order valence-electron chi connectivity index (χ2n) is 4.02. The lowest BCUT2D eigenvalue weighted by Gasteiger charge is -2.06. The van der Waals surface area contributed by atoms with Gasteiger partial charge in [0.05, 0.1) is 27.7 Å². The first-order valence-corrected chi connectivity index (χ1v) is 7.99. The van der Waals surface area contributed by atoms with E-state index in [1.54, 1.807) is 5.38 Å². The Morgan fingerprint density at radius 1 is 1.45 bits per heavy atom. The number of sulfonamides is 1. The maximum Gasteiger partial charge on any atom is 0.335 e. The predicted octanol–water partition coefficient (Wildman–Crippen LogP) is 1.63. The Bertz CT molecular complexity index is 737. The molecule has 2 N–H and O–H groups in total. The molecule has 0 bridgehead atoms. The Morgan fingerprint density at radius 2 is 2.20 bits per heavy atom. The van der Waals surface area contributed by atoms with Gasteiger partial charge in [-0.25, -0.2) is 22.9 Å². The number of nitrogens with zero attached hydrogens (tertiary/aromatic N) is 1. The van der Waals surface area contributed by atoms with E-state index in [9.17, 15) is 13.2 Å². The summed E-state index contributed by atoms with van der Waals surface area (Å²) >= 11 is 1.43. The zero-order valence-electron chi connectivity index (χ0n) is 10.5. The minimum Gasteiger partial charge on any atom is -0.478 e. The van der Waals surface area contributed by atoms with Gasteiger partial charge in [0.15, 0.2) is 0 Å². The van der Waals surface area contributed by atoms with Crippen molar-refractivity contribution in [2.75, 3.05) is 0 Å². The minimum atomic E-state index is -3.75. The van der Waals surface area contributed by atoms with Gasteiger partial charge in [-0.1, -0.05) is 6.07 Å². The molecule has 1 heterocycles. The summed E-state index contributed by atoms with van der Waals surface area (Å²) in [4.78, 5) is 14.9. The first kappa shape index (κ1) is 14.6. The van der Waals surface area contributed by atoms with Crippen molar-refractivity contribution < 1.29 is 18.3 Å². The predicted molar refractivity (Wildman–Crippen MR) is 74.3 cm³/mol. The van der Waals surface area contributed by atoms with Gasteiger partial charge in [-0.05, 0) is 25.1 Å². The molecule has 0 amide bonds. The molecule has 106 valence electrons. The van der Waals surface area contributed by atoms with Crippen LogP contribution in [0.25, 0.3) is 0 Å². The number of carbonyl (C=O) groups is 1. The van der Waals surface area contributed by atoms with Crippen LogP contribution in [0.1, 0.15) is 21.1 Å². The van der Waals surface area contributed by atoms with Crippen LogP contribution in [0.15, 0.2) is 34.5 Å². The number of aromatic nitrogens is 1. The van der Waals surface area contributed by atoms with Gasteiger partial charge in [0.2, 0.25) is 10.0 Å². The molecule has 1 aromatic heterocycles. The molecule has 0 aliphatic carbocycles. The van der Waals surface area contributed by atoms with Crippen molar-refractivity contribution in [2.45, 2.75) is 18.4 Å². The number of rotatable bonds is 5. The number of nitrogens with one attached hydrogen (secondary N) is 1. The Balaban J connectivity index is 2.17. The molecule has 20 heavy (non-hydrogen) atoms. The van der Waals surface area contributed by atoms with Gasteiger partial charge < -0.3 is 5.11 Å². The average Bonchev–Trinajstić information content (AvgIpc) is 2.82. The molecule has 0 fully saturated rings. The number of hydrogen-bond donors (Lipinski definition) is 2. The van der Waals surface area contributed by atoms with E-state index in [0.717, 1.165) is 11.1 Å². The summed E-state index contributed by atoms with van der Waals surface area (Å²) < 4.78 is 26.5. The number of thiazole rings is 1. The Labute approximate surface area is 120 Å². The lowest BCUT2D eigenvalue weighted by molar-refractivity contribution is 0.0696. The van der Waals surface area contributed by atoms with Crippen LogP contribution in [-0.4, -0.2) is 24.5 Å². The molecule has 0 aliphatic rings. The standard InChI is InChI=1S/C12H12N2O4S2/c1-8-14-10(7-19-8)6-13-20(17,18)11-4-2-3-9(5-11)12(15)16/h2-5,7,13H,6H2,1H3,(H,15,16). The van der Waals surface area contributed by atoms with Gasteiger partial charge in [0.1, 0.15) is 0 Å². The molecule has 1 aromatic carbocycles. The van der Waals surface area contributed by atoms with Crippen LogP contribution in [0.3, 0.4) is 0 Å². The maximum absolute atomic E-state index is 12.1. The molecule has 0 unspecified atom stereocenters. The lowest BCUT2D eigenvalue weighted by Crippen LogP contribution is -2.23. The average molecular weight is 312 g/mol. The van der Waals surface area contributed by atoms with E-state index >= 15 is 0 Å². The molecule has 2 aromatic rings. The third kappa shape index (κ3) is 3.41. The van der Waals surface area contributed by atoms with Crippen LogP contribution in [-0.2, 0) is 16.6 Å². The van der Waals surface area contributed by atoms with Crippen molar-refractivity contribution in [1.82, 2.24) is 9.71 Å². The van der Waals surface area contributed by atoms with Gasteiger partial charge in [-0.3, -0.25) is 0 Å². The van der Waals surface area contributed by atoms with Gasteiger partial charge in [-0.15, -0.1) is 11.3 Å². The third-order valence-electron chi connectivity index (χ3n) is 2.50. The van der Waals surface area contributed by atoms with E-state index in [-0.39, 0.29) is 17.0 Å². The smallest absolute Gasteiger partial charge is 0.335 e.